The Morgan fingerprint density at radius 1 is 1.14 bits per heavy atom. The van der Waals surface area contributed by atoms with Gasteiger partial charge < -0.3 is 14.2 Å². The van der Waals surface area contributed by atoms with Crippen molar-refractivity contribution in [1.82, 2.24) is 9.38 Å². The fraction of sp³-hybridized carbons (Fsp3) is 0.235. The first kappa shape index (κ1) is 12.4. The van der Waals surface area contributed by atoms with E-state index in [-0.39, 0.29) is 0 Å². The summed E-state index contributed by atoms with van der Waals surface area (Å²) in [7, 11) is 0. The third-order valence-electron chi connectivity index (χ3n) is 3.69. The fourth-order valence-corrected chi connectivity index (χ4v) is 2.36. The van der Waals surface area contributed by atoms with E-state index in [0.717, 1.165) is 29.8 Å². The van der Waals surface area contributed by atoms with Crippen LogP contribution in [0, 0.1) is 0 Å². The average Bonchev–Trinajstić information content (AvgIpc) is 3.22. The van der Waals surface area contributed by atoms with E-state index in [9.17, 15) is 5.11 Å². The highest BCUT2D eigenvalue weighted by Crippen LogP contribution is 2.28. The molecule has 2 heterocycles. The Balaban J connectivity index is 1.59. The van der Waals surface area contributed by atoms with Gasteiger partial charge in [-0.3, -0.25) is 0 Å². The summed E-state index contributed by atoms with van der Waals surface area (Å²) in [6.45, 7) is 0. The summed E-state index contributed by atoms with van der Waals surface area (Å²) in [6, 6.07) is 13.4. The lowest BCUT2D eigenvalue weighted by molar-refractivity contribution is 0.216. The topological polar surface area (TPSA) is 46.8 Å². The molecule has 0 amide bonds. The number of aliphatic hydroxyl groups excluding tert-OH is 1. The van der Waals surface area contributed by atoms with Gasteiger partial charge in [-0.1, -0.05) is 18.2 Å². The van der Waals surface area contributed by atoms with Crippen molar-refractivity contribution >= 4 is 5.65 Å². The largest absolute Gasteiger partial charge is 0.490 e. The van der Waals surface area contributed by atoms with Crippen LogP contribution in [0.25, 0.3) is 5.65 Å². The number of benzene rings is 1. The fourth-order valence-electron chi connectivity index (χ4n) is 2.36. The number of aromatic nitrogens is 2. The number of rotatable bonds is 4. The van der Waals surface area contributed by atoms with Crippen molar-refractivity contribution in [2.75, 3.05) is 0 Å². The van der Waals surface area contributed by atoms with Crippen LogP contribution in [0.1, 0.15) is 30.2 Å². The number of hydrogen-bond acceptors (Lipinski definition) is 3. The Bertz CT molecular complexity index is 727. The molecule has 1 N–H and O–H groups in total. The minimum atomic E-state index is -0.722. The van der Waals surface area contributed by atoms with E-state index in [4.69, 9.17) is 4.74 Å². The summed E-state index contributed by atoms with van der Waals surface area (Å²) in [5, 5.41) is 10.5. The lowest BCUT2D eigenvalue weighted by Crippen LogP contribution is -2.01. The highest BCUT2D eigenvalue weighted by atomic mass is 16.5. The Kier molecular flexibility index (Phi) is 2.89. The van der Waals surface area contributed by atoms with Gasteiger partial charge in [-0.15, -0.1) is 0 Å². The summed E-state index contributed by atoms with van der Waals surface area (Å²) < 4.78 is 7.62. The minimum absolute atomic E-state index is 0.388. The van der Waals surface area contributed by atoms with Crippen molar-refractivity contribution in [3.05, 3.63) is 66.1 Å². The van der Waals surface area contributed by atoms with Crippen LogP contribution in [-0.4, -0.2) is 20.6 Å². The second-order valence-corrected chi connectivity index (χ2v) is 5.42. The molecule has 106 valence electrons. The monoisotopic (exact) mass is 280 g/mol. The van der Waals surface area contributed by atoms with Crippen LogP contribution in [0.5, 0.6) is 5.75 Å². The maximum atomic E-state index is 10.5. The smallest absolute Gasteiger partial charge is 0.137 e. The predicted molar refractivity (Wildman–Crippen MR) is 79.3 cm³/mol. The number of fused-ring (bicyclic) bond motifs is 1. The van der Waals surface area contributed by atoms with Crippen LogP contribution in [-0.2, 0) is 0 Å². The molecule has 1 fully saturated rings. The van der Waals surface area contributed by atoms with E-state index in [0.29, 0.717) is 11.8 Å². The Labute approximate surface area is 122 Å². The van der Waals surface area contributed by atoms with Crippen molar-refractivity contribution in [2.24, 2.45) is 0 Å². The van der Waals surface area contributed by atoms with E-state index in [2.05, 4.69) is 4.98 Å². The van der Waals surface area contributed by atoms with Crippen molar-refractivity contribution in [3.8, 4) is 5.75 Å². The van der Waals surface area contributed by atoms with Gasteiger partial charge in [0, 0.05) is 12.4 Å². The van der Waals surface area contributed by atoms with Crippen LogP contribution in [0.15, 0.2) is 54.9 Å². The van der Waals surface area contributed by atoms with Gasteiger partial charge in [-0.25, -0.2) is 4.98 Å². The van der Waals surface area contributed by atoms with E-state index in [1.807, 2.05) is 59.3 Å². The zero-order valence-electron chi connectivity index (χ0n) is 11.5. The molecular weight excluding hydrogens is 264 g/mol. The third-order valence-corrected chi connectivity index (χ3v) is 3.69. The second-order valence-electron chi connectivity index (χ2n) is 5.42. The molecule has 0 spiro atoms. The molecule has 2 aromatic heterocycles. The molecule has 1 aliphatic rings. The number of imidazole rings is 1. The molecule has 4 nitrogen and oxygen atoms in total. The third kappa shape index (κ3) is 2.50. The van der Waals surface area contributed by atoms with E-state index >= 15 is 0 Å². The van der Waals surface area contributed by atoms with Gasteiger partial charge in [0.25, 0.3) is 0 Å². The highest BCUT2D eigenvalue weighted by molar-refractivity contribution is 5.41. The van der Waals surface area contributed by atoms with Crippen LogP contribution in [0.2, 0.25) is 0 Å². The summed E-state index contributed by atoms with van der Waals surface area (Å²) >= 11 is 0. The molecule has 0 aliphatic heterocycles. The lowest BCUT2D eigenvalue weighted by Gasteiger charge is -2.09. The first-order valence-electron chi connectivity index (χ1n) is 7.18. The molecule has 0 saturated heterocycles. The molecule has 1 aromatic carbocycles. The van der Waals surface area contributed by atoms with Crippen LogP contribution >= 0.6 is 0 Å². The quantitative estimate of drug-likeness (QED) is 0.799. The maximum Gasteiger partial charge on any atom is 0.137 e. The number of pyridine rings is 1. The molecule has 3 aromatic rings. The summed E-state index contributed by atoms with van der Waals surface area (Å²) in [5.41, 5.74) is 2.30. The van der Waals surface area contributed by atoms with Crippen LogP contribution in [0.4, 0.5) is 0 Å². The molecule has 1 aliphatic carbocycles. The Morgan fingerprint density at radius 2 is 1.95 bits per heavy atom. The summed E-state index contributed by atoms with van der Waals surface area (Å²) in [6.07, 6.45) is 5.73. The zero-order chi connectivity index (χ0) is 14.2. The molecule has 1 unspecified atom stereocenters. The molecule has 4 rings (SSSR count). The first-order chi connectivity index (χ1) is 10.3. The molecule has 0 radical (unpaired) electrons. The standard InChI is InChI=1S/C17H16N2O2/c20-17(15-11-19-10-2-1-3-16(19)18-15)12-4-6-13(7-5-12)21-14-8-9-14/h1-7,10-11,14,17,20H,8-9H2. The number of nitrogens with zero attached hydrogens (tertiary/aromatic N) is 2. The molecule has 1 saturated carbocycles. The SMILES string of the molecule is OC(c1ccc(OC2CC2)cc1)c1cn2ccccc2n1. The summed E-state index contributed by atoms with van der Waals surface area (Å²) in [4.78, 5) is 4.45. The second kappa shape index (κ2) is 4.90. The average molecular weight is 280 g/mol. The van der Waals surface area contributed by atoms with E-state index < -0.39 is 6.10 Å². The molecular formula is C17H16N2O2. The normalized spacial score (nSPS) is 16.0. The Morgan fingerprint density at radius 3 is 2.67 bits per heavy atom. The number of ether oxygens (including phenoxy) is 1. The van der Waals surface area contributed by atoms with Crippen molar-refractivity contribution in [1.29, 1.82) is 0 Å². The predicted octanol–water partition coefficient (Wildman–Crippen LogP) is 2.96. The van der Waals surface area contributed by atoms with Crippen LogP contribution in [0.3, 0.4) is 0 Å². The lowest BCUT2D eigenvalue weighted by atomic mass is 10.1. The van der Waals surface area contributed by atoms with E-state index in [1.165, 1.54) is 0 Å². The Hall–Kier alpha value is -2.33. The van der Waals surface area contributed by atoms with Gasteiger partial charge in [0.1, 0.15) is 17.5 Å². The van der Waals surface area contributed by atoms with Gasteiger partial charge in [0.05, 0.1) is 11.8 Å². The van der Waals surface area contributed by atoms with Gasteiger partial charge >= 0.3 is 0 Å². The van der Waals surface area contributed by atoms with Gasteiger partial charge in [0.15, 0.2) is 0 Å². The molecule has 1 atom stereocenters. The van der Waals surface area contributed by atoms with Crippen molar-refractivity contribution in [2.45, 2.75) is 25.0 Å². The van der Waals surface area contributed by atoms with Crippen molar-refractivity contribution < 1.29 is 9.84 Å². The number of hydrogen-bond donors (Lipinski definition) is 1. The van der Waals surface area contributed by atoms with E-state index in [1.54, 1.807) is 0 Å². The summed E-state index contributed by atoms with van der Waals surface area (Å²) in [5.74, 6) is 0.864. The zero-order valence-corrected chi connectivity index (χ0v) is 11.5. The van der Waals surface area contributed by atoms with Gasteiger partial charge in [-0.2, -0.15) is 0 Å². The van der Waals surface area contributed by atoms with Gasteiger partial charge in [0.2, 0.25) is 0 Å². The number of aliphatic hydroxyl groups is 1. The highest BCUT2D eigenvalue weighted by Gasteiger charge is 2.23. The van der Waals surface area contributed by atoms with Crippen molar-refractivity contribution in [3.63, 3.8) is 0 Å². The molecule has 4 heteroatoms. The van der Waals surface area contributed by atoms with Crippen LogP contribution < -0.4 is 4.74 Å². The molecule has 0 bridgehead atoms. The molecule has 21 heavy (non-hydrogen) atoms. The maximum absolute atomic E-state index is 10.5. The minimum Gasteiger partial charge on any atom is -0.490 e. The van der Waals surface area contributed by atoms with Gasteiger partial charge in [-0.05, 0) is 42.7 Å². The first-order valence-corrected chi connectivity index (χ1v) is 7.18.